The molecule has 4 aromatic rings. The Morgan fingerprint density at radius 3 is 2.66 bits per heavy atom. The molecular weight excluding hydrogens is 405 g/mol. The predicted molar refractivity (Wildman–Crippen MR) is 123 cm³/mol. The van der Waals surface area contributed by atoms with E-state index in [1.54, 1.807) is 24.3 Å². The van der Waals surface area contributed by atoms with E-state index in [1.165, 1.54) is 11.6 Å². The molecule has 0 spiro atoms. The van der Waals surface area contributed by atoms with E-state index >= 15 is 0 Å². The maximum atomic E-state index is 13.9. The monoisotopic (exact) mass is 431 g/mol. The first-order valence-corrected chi connectivity index (χ1v) is 11.2. The van der Waals surface area contributed by atoms with Crippen molar-refractivity contribution in [1.82, 2.24) is 15.0 Å². The number of benzene rings is 2. The highest BCUT2D eigenvalue weighted by Gasteiger charge is 2.29. The molecule has 1 unspecified atom stereocenters. The van der Waals surface area contributed by atoms with E-state index < -0.39 is 5.97 Å². The van der Waals surface area contributed by atoms with Crippen LogP contribution in [-0.2, 0) is 0 Å². The second-order valence-electron chi connectivity index (χ2n) is 9.08. The third-order valence-corrected chi connectivity index (χ3v) is 7.14. The second-order valence-corrected chi connectivity index (χ2v) is 9.08. The Bertz CT molecular complexity index is 1320. The number of hydrogen-bond acceptors (Lipinski definition) is 3. The number of rotatable bonds is 4. The van der Waals surface area contributed by atoms with Crippen molar-refractivity contribution in [3.8, 4) is 0 Å². The Labute approximate surface area is 185 Å². The summed E-state index contributed by atoms with van der Waals surface area (Å²) in [6.45, 7) is 4.11. The summed E-state index contributed by atoms with van der Waals surface area (Å²) in [5.74, 6) is 0.917. The van der Waals surface area contributed by atoms with E-state index in [2.05, 4.69) is 16.9 Å². The maximum Gasteiger partial charge on any atom is 0.335 e. The number of hydrogen-bond donors (Lipinski definition) is 2. The van der Waals surface area contributed by atoms with Gasteiger partial charge in [0.1, 0.15) is 11.6 Å². The van der Waals surface area contributed by atoms with Crippen molar-refractivity contribution in [2.24, 2.45) is 5.92 Å². The summed E-state index contributed by atoms with van der Waals surface area (Å²) in [5, 5.41) is 10.2. The fourth-order valence-electron chi connectivity index (χ4n) is 5.29. The van der Waals surface area contributed by atoms with Crippen LogP contribution in [0.1, 0.15) is 71.8 Å². The Morgan fingerprint density at radius 2 is 1.91 bits per heavy atom. The summed E-state index contributed by atoms with van der Waals surface area (Å²) in [6.07, 6.45) is 6.06. The number of carbonyl (C=O) groups is 1. The number of aromatic amines is 1. The summed E-state index contributed by atoms with van der Waals surface area (Å²) in [4.78, 5) is 24.0. The van der Waals surface area contributed by atoms with Crippen LogP contribution in [0.25, 0.3) is 21.9 Å². The molecule has 0 amide bonds. The van der Waals surface area contributed by atoms with Crippen molar-refractivity contribution in [3.63, 3.8) is 0 Å². The molecule has 1 aliphatic rings. The largest absolute Gasteiger partial charge is 0.478 e. The van der Waals surface area contributed by atoms with Gasteiger partial charge in [0.15, 0.2) is 0 Å². The third kappa shape index (κ3) is 3.64. The molecule has 0 radical (unpaired) electrons. The van der Waals surface area contributed by atoms with Crippen molar-refractivity contribution in [3.05, 3.63) is 70.9 Å². The third-order valence-electron chi connectivity index (χ3n) is 7.14. The molecular formula is C26H26FN3O2. The fraction of sp³-hybridized carbons (Fsp3) is 0.346. The minimum Gasteiger partial charge on any atom is -0.478 e. The normalized spacial score (nSPS) is 20.0. The minimum absolute atomic E-state index is 0.222. The number of aryl methyl sites for hydroxylation is 1. The second kappa shape index (κ2) is 8.01. The first kappa shape index (κ1) is 20.6. The molecule has 0 bridgehead atoms. The van der Waals surface area contributed by atoms with Crippen LogP contribution in [0.2, 0.25) is 0 Å². The summed E-state index contributed by atoms with van der Waals surface area (Å²) >= 11 is 0. The number of H-pyrrole nitrogens is 1. The van der Waals surface area contributed by atoms with Gasteiger partial charge < -0.3 is 10.1 Å². The van der Waals surface area contributed by atoms with Crippen molar-refractivity contribution in [1.29, 1.82) is 0 Å². The van der Waals surface area contributed by atoms with Crippen molar-refractivity contribution in [2.45, 2.75) is 51.4 Å². The number of aromatic carboxylic acids is 1. The average molecular weight is 432 g/mol. The average Bonchev–Trinajstić information content (AvgIpc) is 3.23. The molecule has 1 saturated carbocycles. The molecule has 1 fully saturated rings. The van der Waals surface area contributed by atoms with Crippen LogP contribution in [0.5, 0.6) is 0 Å². The van der Waals surface area contributed by atoms with Gasteiger partial charge in [-0.1, -0.05) is 6.92 Å². The maximum absolute atomic E-state index is 13.9. The molecule has 2 aromatic heterocycles. The molecule has 164 valence electrons. The minimum atomic E-state index is -0.936. The van der Waals surface area contributed by atoms with E-state index in [4.69, 9.17) is 4.98 Å². The van der Waals surface area contributed by atoms with Gasteiger partial charge in [-0.25, -0.2) is 14.2 Å². The van der Waals surface area contributed by atoms with Gasteiger partial charge in [0.05, 0.1) is 22.1 Å². The van der Waals surface area contributed by atoms with Gasteiger partial charge in [-0.2, -0.15) is 0 Å². The smallest absolute Gasteiger partial charge is 0.335 e. The summed E-state index contributed by atoms with van der Waals surface area (Å²) in [5.41, 5.74) is 4.83. The van der Waals surface area contributed by atoms with Crippen LogP contribution in [0.3, 0.4) is 0 Å². The molecule has 2 heterocycles. The zero-order valence-corrected chi connectivity index (χ0v) is 18.2. The Hall–Kier alpha value is -3.28. The van der Waals surface area contributed by atoms with Crippen molar-refractivity contribution in [2.75, 3.05) is 0 Å². The van der Waals surface area contributed by atoms with Crippen LogP contribution < -0.4 is 0 Å². The predicted octanol–water partition coefficient (Wildman–Crippen LogP) is 6.33. The van der Waals surface area contributed by atoms with Gasteiger partial charge >= 0.3 is 5.97 Å². The van der Waals surface area contributed by atoms with E-state index in [9.17, 15) is 14.3 Å². The number of carboxylic acids is 1. The zero-order valence-electron chi connectivity index (χ0n) is 18.2. The number of carboxylic acid groups (broad SMARTS) is 1. The van der Waals surface area contributed by atoms with Crippen LogP contribution >= 0.6 is 0 Å². The first-order chi connectivity index (χ1) is 15.4. The number of pyridine rings is 1. The standard InChI is InChI=1S/C26H26FN3O2/c1-14-11-18(26(31)32)12-23-24(14)30-25(29-23)15(2)16-3-5-17(6-4-16)20-9-10-28-22-8-7-19(27)13-21(20)22/h7-13,15-17H,3-6H2,1-2H3,(H,29,30)(H,31,32)/t15?,16-,17+. The van der Waals surface area contributed by atoms with E-state index in [1.807, 2.05) is 19.2 Å². The van der Waals surface area contributed by atoms with Gasteiger partial charge in [-0.15, -0.1) is 0 Å². The molecule has 1 atom stereocenters. The number of aromatic nitrogens is 3. The number of nitrogens with one attached hydrogen (secondary N) is 1. The molecule has 2 N–H and O–H groups in total. The Morgan fingerprint density at radius 1 is 1.12 bits per heavy atom. The molecule has 0 aliphatic heterocycles. The number of imidazole rings is 1. The highest BCUT2D eigenvalue weighted by molar-refractivity contribution is 5.93. The summed E-state index contributed by atoms with van der Waals surface area (Å²) < 4.78 is 13.9. The Kier molecular flexibility index (Phi) is 5.16. The van der Waals surface area contributed by atoms with Crippen LogP contribution in [0, 0.1) is 18.7 Å². The zero-order chi connectivity index (χ0) is 22.4. The first-order valence-electron chi connectivity index (χ1n) is 11.2. The quantitative estimate of drug-likeness (QED) is 0.395. The lowest BCUT2D eigenvalue weighted by Gasteiger charge is -2.32. The number of halogens is 1. The van der Waals surface area contributed by atoms with Crippen LogP contribution in [-0.4, -0.2) is 26.0 Å². The van der Waals surface area contributed by atoms with Crippen LogP contribution in [0.4, 0.5) is 4.39 Å². The Balaban J connectivity index is 1.35. The molecule has 32 heavy (non-hydrogen) atoms. The van der Waals surface area contributed by atoms with E-state index in [-0.39, 0.29) is 17.3 Å². The molecule has 5 nitrogen and oxygen atoms in total. The van der Waals surface area contributed by atoms with E-state index in [0.717, 1.165) is 53.5 Å². The summed E-state index contributed by atoms with van der Waals surface area (Å²) in [6, 6.07) is 10.2. The molecule has 5 rings (SSSR count). The SMILES string of the molecule is Cc1cc(C(=O)O)cc2nc(C(C)[C@H]3CC[C@@H](c4ccnc5ccc(F)cc54)CC3)[nH]c12. The van der Waals surface area contributed by atoms with Gasteiger partial charge in [0, 0.05) is 17.5 Å². The fourth-order valence-corrected chi connectivity index (χ4v) is 5.29. The molecule has 2 aromatic carbocycles. The topological polar surface area (TPSA) is 78.9 Å². The lowest BCUT2D eigenvalue weighted by molar-refractivity contribution is 0.0697. The van der Waals surface area contributed by atoms with Crippen LogP contribution in [0.15, 0.2) is 42.6 Å². The van der Waals surface area contributed by atoms with Crippen molar-refractivity contribution >= 4 is 27.9 Å². The molecule has 6 heteroatoms. The lowest BCUT2D eigenvalue weighted by Crippen LogP contribution is -2.19. The van der Waals surface area contributed by atoms with E-state index in [0.29, 0.717) is 17.4 Å². The van der Waals surface area contributed by atoms with Gasteiger partial charge in [0.2, 0.25) is 0 Å². The lowest BCUT2D eigenvalue weighted by atomic mass is 9.73. The highest BCUT2D eigenvalue weighted by Crippen LogP contribution is 2.43. The molecule has 1 aliphatic carbocycles. The highest BCUT2D eigenvalue weighted by atomic mass is 19.1. The number of fused-ring (bicyclic) bond motifs is 2. The summed E-state index contributed by atoms with van der Waals surface area (Å²) in [7, 11) is 0. The van der Waals surface area contributed by atoms with Crippen molar-refractivity contribution < 1.29 is 14.3 Å². The van der Waals surface area contributed by atoms with Gasteiger partial charge in [0.25, 0.3) is 0 Å². The number of nitrogens with zero attached hydrogens (tertiary/aromatic N) is 2. The molecule has 0 saturated heterocycles. The van der Waals surface area contributed by atoms with Gasteiger partial charge in [-0.05, 0) is 92.0 Å². The van der Waals surface area contributed by atoms with Gasteiger partial charge in [-0.3, -0.25) is 4.98 Å².